The second-order valence-electron chi connectivity index (χ2n) is 8.84. The van der Waals surface area contributed by atoms with Crippen LogP contribution in [0.2, 0.25) is 0 Å². The standard InChI is InChI=1S/C23H23F8N7O/c1-12-6-21(24,25)11-38(16(12)10-36-20-34-7-13(8-35-20)22(26,27)28)19(39)18(32)14(9-33-2)15-4-3-5-17(37-15)23(29,30)31/h3-5,7-9,12,16,32-33H,6,10-11H2,1-2H3,(H,34,35,36)/b14-9-,32-18?/t12-,16?/m1/s1. The molecule has 16 heteroatoms. The minimum Gasteiger partial charge on any atom is -0.393 e. The summed E-state index contributed by atoms with van der Waals surface area (Å²) in [6, 6.07) is 1.87. The van der Waals surface area contributed by atoms with Gasteiger partial charge in [0.05, 0.1) is 23.8 Å². The van der Waals surface area contributed by atoms with E-state index in [9.17, 15) is 39.9 Å². The van der Waals surface area contributed by atoms with Crippen LogP contribution in [0, 0.1) is 11.3 Å². The third kappa shape index (κ3) is 7.17. The van der Waals surface area contributed by atoms with Crippen LogP contribution in [0.4, 0.5) is 41.1 Å². The summed E-state index contributed by atoms with van der Waals surface area (Å²) in [5.74, 6) is -5.64. The van der Waals surface area contributed by atoms with Crippen LogP contribution >= 0.6 is 0 Å². The number of anilines is 1. The molecule has 8 nitrogen and oxygen atoms in total. The zero-order valence-electron chi connectivity index (χ0n) is 20.5. The maximum atomic E-state index is 14.5. The quantitative estimate of drug-likeness (QED) is 0.338. The van der Waals surface area contributed by atoms with Gasteiger partial charge in [0.2, 0.25) is 5.95 Å². The summed E-state index contributed by atoms with van der Waals surface area (Å²) in [5, 5.41) is 13.5. The molecule has 0 spiro atoms. The largest absolute Gasteiger partial charge is 0.433 e. The minimum absolute atomic E-state index is 0.251. The fraction of sp³-hybridized carbons (Fsp3) is 0.435. The number of carbonyl (C=O) groups is 1. The summed E-state index contributed by atoms with van der Waals surface area (Å²) in [5.41, 5.74) is -4.03. The number of nitrogens with zero attached hydrogens (tertiary/aromatic N) is 4. The van der Waals surface area contributed by atoms with Gasteiger partial charge >= 0.3 is 12.4 Å². The maximum absolute atomic E-state index is 14.5. The van der Waals surface area contributed by atoms with Crippen LogP contribution in [0.15, 0.2) is 36.8 Å². The molecule has 2 atom stereocenters. The Morgan fingerprint density at radius 2 is 1.79 bits per heavy atom. The van der Waals surface area contributed by atoms with E-state index < -0.39 is 66.1 Å². The van der Waals surface area contributed by atoms with Crippen molar-refractivity contribution in [1.29, 1.82) is 5.41 Å². The number of hydrogen-bond donors (Lipinski definition) is 3. The normalized spacial score (nSPS) is 19.9. The second-order valence-corrected chi connectivity index (χ2v) is 8.84. The van der Waals surface area contributed by atoms with E-state index in [-0.39, 0.29) is 23.8 Å². The Labute approximate surface area is 217 Å². The highest BCUT2D eigenvalue weighted by Crippen LogP contribution is 2.35. The van der Waals surface area contributed by atoms with E-state index in [0.717, 1.165) is 18.3 Å². The minimum atomic E-state index is -4.81. The summed E-state index contributed by atoms with van der Waals surface area (Å²) >= 11 is 0. The Morgan fingerprint density at radius 1 is 1.15 bits per heavy atom. The lowest BCUT2D eigenvalue weighted by Gasteiger charge is -2.43. The molecule has 0 aromatic carbocycles. The summed E-state index contributed by atoms with van der Waals surface area (Å²) in [6.45, 7) is 0.0752. The average Bonchev–Trinajstić information content (AvgIpc) is 2.84. The molecular formula is C23H23F8N7O. The number of hydrogen-bond acceptors (Lipinski definition) is 7. The van der Waals surface area contributed by atoms with Gasteiger partial charge in [-0.05, 0) is 18.1 Å². The van der Waals surface area contributed by atoms with Gasteiger partial charge in [-0.1, -0.05) is 13.0 Å². The number of nitrogens with one attached hydrogen (secondary N) is 3. The molecule has 1 aliphatic rings. The molecule has 39 heavy (non-hydrogen) atoms. The van der Waals surface area contributed by atoms with Crippen molar-refractivity contribution in [2.75, 3.05) is 25.5 Å². The molecule has 1 fully saturated rings. The molecule has 1 aliphatic heterocycles. The maximum Gasteiger partial charge on any atom is 0.433 e. The molecule has 212 valence electrons. The van der Waals surface area contributed by atoms with Crippen molar-refractivity contribution in [2.45, 2.75) is 37.7 Å². The number of piperidine rings is 1. The van der Waals surface area contributed by atoms with Gasteiger partial charge in [0.25, 0.3) is 11.8 Å². The molecule has 0 radical (unpaired) electrons. The number of rotatable bonds is 7. The van der Waals surface area contributed by atoms with Crippen LogP contribution in [0.3, 0.4) is 0 Å². The van der Waals surface area contributed by atoms with Crippen LogP contribution in [0.25, 0.3) is 5.57 Å². The van der Waals surface area contributed by atoms with Crippen molar-refractivity contribution >= 4 is 23.1 Å². The Balaban J connectivity index is 1.88. The highest BCUT2D eigenvalue weighted by Gasteiger charge is 2.47. The van der Waals surface area contributed by atoms with Gasteiger partial charge in [0.1, 0.15) is 11.4 Å². The zero-order chi connectivity index (χ0) is 29.2. The monoisotopic (exact) mass is 565 g/mol. The molecule has 1 unspecified atom stereocenters. The lowest BCUT2D eigenvalue weighted by Crippen LogP contribution is -2.59. The van der Waals surface area contributed by atoms with Crippen LogP contribution < -0.4 is 10.6 Å². The summed E-state index contributed by atoms with van der Waals surface area (Å²) in [7, 11) is 1.36. The first-order valence-electron chi connectivity index (χ1n) is 11.4. The number of likely N-dealkylation sites (tertiary alicyclic amines) is 1. The summed E-state index contributed by atoms with van der Waals surface area (Å²) < 4.78 is 107. The molecule has 3 rings (SSSR count). The second kappa shape index (κ2) is 11.1. The van der Waals surface area contributed by atoms with Gasteiger partial charge < -0.3 is 15.5 Å². The predicted octanol–water partition coefficient (Wildman–Crippen LogP) is 4.47. The van der Waals surface area contributed by atoms with E-state index in [0.29, 0.717) is 23.4 Å². The molecule has 3 heterocycles. The number of amides is 1. The average molecular weight is 565 g/mol. The molecule has 0 bridgehead atoms. The van der Waals surface area contributed by atoms with E-state index in [4.69, 9.17) is 5.41 Å². The topological polar surface area (TPSA) is 107 Å². The van der Waals surface area contributed by atoms with Gasteiger partial charge in [-0.15, -0.1) is 0 Å². The third-order valence-corrected chi connectivity index (χ3v) is 5.88. The molecule has 1 amide bonds. The molecule has 0 saturated carbocycles. The smallest absolute Gasteiger partial charge is 0.393 e. The lowest BCUT2D eigenvalue weighted by molar-refractivity contribution is -0.145. The van der Waals surface area contributed by atoms with Gasteiger partial charge in [-0.2, -0.15) is 26.3 Å². The predicted molar refractivity (Wildman–Crippen MR) is 124 cm³/mol. The van der Waals surface area contributed by atoms with E-state index in [1.807, 2.05) is 0 Å². The van der Waals surface area contributed by atoms with E-state index in [2.05, 4.69) is 25.6 Å². The molecule has 0 aliphatic carbocycles. The van der Waals surface area contributed by atoms with E-state index in [1.165, 1.54) is 14.0 Å². The van der Waals surface area contributed by atoms with Crippen LogP contribution in [0.5, 0.6) is 0 Å². The lowest BCUT2D eigenvalue weighted by atomic mass is 9.87. The highest BCUT2D eigenvalue weighted by atomic mass is 19.4. The first-order valence-corrected chi connectivity index (χ1v) is 11.4. The van der Waals surface area contributed by atoms with Crippen molar-refractivity contribution in [3.63, 3.8) is 0 Å². The SMILES string of the molecule is CN/C=C(\C(=N)C(=O)N1CC(F)(F)C[C@@H](C)C1CNc1ncc(C(F)(F)F)cn1)c1cccc(C(F)(F)F)n1. The van der Waals surface area contributed by atoms with Crippen molar-refractivity contribution < 1.29 is 39.9 Å². The van der Waals surface area contributed by atoms with Crippen LogP contribution in [0.1, 0.15) is 30.3 Å². The number of halogens is 8. The van der Waals surface area contributed by atoms with Crippen molar-refractivity contribution in [3.8, 4) is 0 Å². The zero-order valence-corrected chi connectivity index (χ0v) is 20.5. The number of carbonyl (C=O) groups excluding carboxylic acids is 1. The molecule has 1 saturated heterocycles. The molecular weight excluding hydrogens is 542 g/mol. The first kappa shape index (κ1) is 29.7. The fourth-order valence-electron chi connectivity index (χ4n) is 4.06. The number of aromatic nitrogens is 3. The molecule has 2 aromatic rings. The van der Waals surface area contributed by atoms with Crippen LogP contribution in [-0.4, -0.2) is 63.6 Å². The number of pyridine rings is 1. The van der Waals surface area contributed by atoms with E-state index in [1.54, 1.807) is 0 Å². The Kier molecular flexibility index (Phi) is 8.45. The van der Waals surface area contributed by atoms with Crippen molar-refractivity contribution in [2.24, 2.45) is 5.92 Å². The first-order chi connectivity index (χ1) is 18.0. The van der Waals surface area contributed by atoms with Gasteiger partial charge in [-0.25, -0.2) is 23.7 Å². The molecule has 2 aromatic heterocycles. The van der Waals surface area contributed by atoms with Gasteiger partial charge in [0, 0.05) is 44.2 Å². The Bertz CT molecular complexity index is 1230. The highest BCUT2D eigenvalue weighted by molar-refractivity contribution is 6.54. The van der Waals surface area contributed by atoms with Gasteiger partial charge in [0.15, 0.2) is 0 Å². The Hall–Kier alpha value is -3.85. The van der Waals surface area contributed by atoms with Crippen molar-refractivity contribution in [1.82, 2.24) is 25.2 Å². The van der Waals surface area contributed by atoms with E-state index >= 15 is 0 Å². The van der Waals surface area contributed by atoms with Crippen molar-refractivity contribution in [3.05, 3.63) is 53.7 Å². The third-order valence-electron chi connectivity index (χ3n) is 5.88. The number of alkyl halides is 8. The molecule has 3 N–H and O–H groups in total. The fourth-order valence-corrected chi connectivity index (χ4v) is 4.06. The van der Waals surface area contributed by atoms with Crippen LogP contribution in [-0.2, 0) is 17.1 Å². The summed E-state index contributed by atoms with van der Waals surface area (Å²) in [4.78, 5) is 24.6. The Morgan fingerprint density at radius 3 is 2.36 bits per heavy atom. The van der Waals surface area contributed by atoms with Gasteiger partial charge in [-0.3, -0.25) is 10.2 Å². The summed E-state index contributed by atoms with van der Waals surface area (Å²) in [6.07, 6.45) is -7.99.